The zero-order valence-electron chi connectivity index (χ0n) is 20.0. The van der Waals surface area contributed by atoms with Gasteiger partial charge in [0.05, 0.1) is 29.7 Å². The van der Waals surface area contributed by atoms with Gasteiger partial charge in [-0.05, 0) is 42.8 Å². The molecule has 0 saturated heterocycles. The van der Waals surface area contributed by atoms with E-state index in [0.717, 1.165) is 0 Å². The molecule has 0 fully saturated rings. The zero-order valence-corrected chi connectivity index (χ0v) is 20.0. The summed E-state index contributed by atoms with van der Waals surface area (Å²) in [5.41, 5.74) is 1.23. The number of urea groups is 1. The minimum atomic E-state index is -0.691. The molecule has 3 aromatic carbocycles. The molecule has 0 bridgehead atoms. The van der Waals surface area contributed by atoms with Gasteiger partial charge in [0, 0.05) is 18.3 Å². The number of pyridine rings is 1. The first-order chi connectivity index (χ1) is 17.9. The molecule has 37 heavy (non-hydrogen) atoms. The number of aromatic nitrogens is 1. The van der Waals surface area contributed by atoms with Crippen molar-refractivity contribution < 1.29 is 32.5 Å². The highest BCUT2D eigenvalue weighted by atomic mass is 19.1. The molecule has 0 radical (unpaired) electrons. The van der Waals surface area contributed by atoms with Crippen LogP contribution in [-0.2, 0) is 0 Å². The monoisotopic (exact) mass is 507 g/mol. The number of ether oxygens (including phenoxy) is 4. The van der Waals surface area contributed by atoms with Gasteiger partial charge in [0.15, 0.2) is 11.5 Å². The van der Waals surface area contributed by atoms with Crippen LogP contribution in [0.3, 0.4) is 0 Å². The maximum Gasteiger partial charge on any atom is 0.319 e. The summed E-state index contributed by atoms with van der Waals surface area (Å²) in [7, 11) is 1.53. The number of hydrogen-bond donors (Lipinski definition) is 2. The number of rotatable bonds is 6. The second-order valence-electron chi connectivity index (χ2n) is 8.25. The molecule has 1 aromatic heterocycles. The summed E-state index contributed by atoms with van der Waals surface area (Å²) in [5, 5.41) is 5.74. The third-order valence-corrected chi connectivity index (χ3v) is 5.80. The Morgan fingerprint density at radius 3 is 2.49 bits per heavy atom. The van der Waals surface area contributed by atoms with Crippen LogP contribution in [0.2, 0.25) is 0 Å². The standard InChI is InChI=1S/C27H23F2N3O5/c1-15(16-3-5-17(28)6-4-16)31-27(33)32-20-8-7-18(13-19(20)29)37-22-9-10-30-21-14-23(34-2)25-26(24(21)22)36-12-11-35-25/h3-10,13-15H,11-12H2,1-2H3,(H2,31,32,33)/t15-/m0/s1. The first-order valence-corrected chi connectivity index (χ1v) is 11.5. The number of anilines is 1. The number of methoxy groups -OCH3 is 1. The molecule has 2 N–H and O–H groups in total. The van der Waals surface area contributed by atoms with E-state index < -0.39 is 17.9 Å². The van der Waals surface area contributed by atoms with Crippen molar-refractivity contribution in [2.75, 3.05) is 25.6 Å². The molecule has 8 nitrogen and oxygen atoms in total. The van der Waals surface area contributed by atoms with Crippen molar-refractivity contribution in [3.63, 3.8) is 0 Å². The van der Waals surface area contributed by atoms with E-state index in [0.29, 0.717) is 52.7 Å². The second kappa shape index (κ2) is 10.2. The fraction of sp³-hybridized carbons (Fsp3) is 0.185. The molecule has 1 aliphatic heterocycles. The SMILES string of the molecule is COc1cc2nccc(Oc3ccc(NC(=O)N[C@@H](C)c4ccc(F)cc4)c(F)c3)c2c2c1OCCO2. The van der Waals surface area contributed by atoms with Crippen LogP contribution < -0.4 is 29.6 Å². The molecule has 4 aromatic rings. The smallest absolute Gasteiger partial charge is 0.319 e. The molecule has 10 heteroatoms. The van der Waals surface area contributed by atoms with E-state index in [2.05, 4.69) is 15.6 Å². The van der Waals surface area contributed by atoms with E-state index in [1.165, 1.54) is 37.4 Å². The predicted molar refractivity (Wildman–Crippen MR) is 133 cm³/mol. The number of carbonyl (C=O) groups is 1. The van der Waals surface area contributed by atoms with Gasteiger partial charge in [-0.25, -0.2) is 13.6 Å². The van der Waals surface area contributed by atoms with Crippen LogP contribution in [0.5, 0.6) is 28.7 Å². The van der Waals surface area contributed by atoms with Crippen molar-refractivity contribution >= 4 is 22.6 Å². The van der Waals surface area contributed by atoms with Crippen molar-refractivity contribution in [1.29, 1.82) is 0 Å². The van der Waals surface area contributed by atoms with Gasteiger partial charge in [0.1, 0.15) is 36.3 Å². The lowest BCUT2D eigenvalue weighted by molar-refractivity contribution is 0.167. The Morgan fingerprint density at radius 2 is 1.76 bits per heavy atom. The lowest BCUT2D eigenvalue weighted by Gasteiger charge is -2.23. The molecule has 0 spiro atoms. The van der Waals surface area contributed by atoms with Crippen LogP contribution in [-0.4, -0.2) is 31.3 Å². The van der Waals surface area contributed by atoms with Gasteiger partial charge >= 0.3 is 6.03 Å². The summed E-state index contributed by atoms with van der Waals surface area (Å²) in [6, 6.07) is 12.2. The van der Waals surface area contributed by atoms with Crippen LogP contribution in [0.25, 0.3) is 10.9 Å². The molecule has 0 unspecified atom stereocenters. The van der Waals surface area contributed by atoms with Crippen molar-refractivity contribution in [1.82, 2.24) is 10.3 Å². The van der Waals surface area contributed by atoms with Gasteiger partial charge in [-0.2, -0.15) is 0 Å². The van der Waals surface area contributed by atoms with Crippen molar-refractivity contribution in [2.24, 2.45) is 0 Å². The van der Waals surface area contributed by atoms with Crippen LogP contribution in [0.15, 0.2) is 60.8 Å². The number of benzene rings is 3. The molecule has 1 atom stereocenters. The minimum Gasteiger partial charge on any atom is -0.493 e. The van der Waals surface area contributed by atoms with E-state index in [4.69, 9.17) is 18.9 Å². The maximum atomic E-state index is 14.9. The Hall–Kier alpha value is -4.60. The first kappa shape index (κ1) is 24.1. The zero-order chi connectivity index (χ0) is 25.9. The Bertz CT molecular complexity index is 1460. The fourth-order valence-corrected chi connectivity index (χ4v) is 3.99. The van der Waals surface area contributed by atoms with E-state index in [1.54, 1.807) is 37.4 Å². The van der Waals surface area contributed by atoms with Gasteiger partial charge < -0.3 is 29.6 Å². The average molecular weight is 507 g/mol. The summed E-state index contributed by atoms with van der Waals surface area (Å²) in [6.45, 7) is 2.46. The van der Waals surface area contributed by atoms with E-state index in [-0.39, 0.29) is 17.3 Å². The van der Waals surface area contributed by atoms with Crippen molar-refractivity contribution in [2.45, 2.75) is 13.0 Å². The molecule has 2 amide bonds. The number of carbonyl (C=O) groups excluding carboxylic acids is 1. The van der Waals surface area contributed by atoms with Crippen LogP contribution in [0.1, 0.15) is 18.5 Å². The summed E-state index contributed by atoms with van der Waals surface area (Å²) in [5.74, 6) is 0.909. The quantitative estimate of drug-likeness (QED) is 0.334. The molecule has 1 aliphatic rings. The number of halogens is 2. The van der Waals surface area contributed by atoms with E-state index in [9.17, 15) is 13.6 Å². The van der Waals surface area contributed by atoms with Gasteiger partial charge in [0.2, 0.25) is 5.75 Å². The number of fused-ring (bicyclic) bond motifs is 3. The number of amides is 2. The Labute approximate surface area is 211 Å². The lowest BCUT2D eigenvalue weighted by Crippen LogP contribution is -2.31. The predicted octanol–water partition coefficient (Wildman–Crippen LogP) is 5.97. The lowest BCUT2D eigenvalue weighted by atomic mass is 10.1. The molecule has 0 saturated carbocycles. The Morgan fingerprint density at radius 1 is 1.00 bits per heavy atom. The molecule has 0 aliphatic carbocycles. The maximum absolute atomic E-state index is 14.9. The van der Waals surface area contributed by atoms with E-state index in [1.807, 2.05) is 0 Å². The van der Waals surface area contributed by atoms with Crippen molar-refractivity contribution in [3.05, 3.63) is 78.0 Å². The normalized spacial score (nSPS) is 13.1. The highest BCUT2D eigenvalue weighted by molar-refractivity contribution is 5.95. The topological polar surface area (TPSA) is 90.9 Å². The summed E-state index contributed by atoms with van der Waals surface area (Å²) >= 11 is 0. The minimum absolute atomic E-state index is 0.0328. The number of nitrogens with one attached hydrogen (secondary N) is 2. The molecular formula is C27H23F2N3O5. The first-order valence-electron chi connectivity index (χ1n) is 11.5. The third-order valence-electron chi connectivity index (χ3n) is 5.80. The molecule has 2 heterocycles. The summed E-state index contributed by atoms with van der Waals surface area (Å²) in [6.07, 6.45) is 1.56. The van der Waals surface area contributed by atoms with Gasteiger partial charge in [0.25, 0.3) is 0 Å². The van der Waals surface area contributed by atoms with E-state index >= 15 is 0 Å². The van der Waals surface area contributed by atoms with Gasteiger partial charge in [-0.1, -0.05) is 12.1 Å². The molecular weight excluding hydrogens is 484 g/mol. The van der Waals surface area contributed by atoms with Crippen LogP contribution in [0, 0.1) is 11.6 Å². The van der Waals surface area contributed by atoms with Crippen molar-refractivity contribution in [3.8, 4) is 28.7 Å². The highest BCUT2D eigenvalue weighted by Crippen LogP contribution is 2.48. The average Bonchev–Trinajstić information content (AvgIpc) is 2.90. The summed E-state index contributed by atoms with van der Waals surface area (Å²) < 4.78 is 51.0. The summed E-state index contributed by atoms with van der Waals surface area (Å²) in [4.78, 5) is 16.8. The van der Waals surface area contributed by atoms with Crippen LogP contribution in [0.4, 0.5) is 19.3 Å². The fourth-order valence-electron chi connectivity index (χ4n) is 3.99. The van der Waals surface area contributed by atoms with Gasteiger partial charge in [-0.15, -0.1) is 0 Å². The number of nitrogens with zero attached hydrogens (tertiary/aromatic N) is 1. The van der Waals surface area contributed by atoms with Gasteiger partial charge in [-0.3, -0.25) is 4.98 Å². The molecule has 190 valence electrons. The Kier molecular flexibility index (Phi) is 6.63. The molecule has 5 rings (SSSR count). The highest BCUT2D eigenvalue weighted by Gasteiger charge is 2.24. The Balaban J connectivity index is 1.34. The number of hydrogen-bond acceptors (Lipinski definition) is 6. The third kappa shape index (κ3) is 5.04. The second-order valence-corrected chi connectivity index (χ2v) is 8.25. The largest absolute Gasteiger partial charge is 0.493 e. The van der Waals surface area contributed by atoms with Crippen LogP contribution >= 0.6 is 0 Å².